The van der Waals surface area contributed by atoms with Gasteiger partial charge in [0.25, 0.3) is 0 Å². The molecular weight excluding hydrogens is 316 g/mol. The second-order valence-electron chi connectivity index (χ2n) is 9.28. The second kappa shape index (κ2) is 8.19. The van der Waals surface area contributed by atoms with Crippen LogP contribution in [-0.2, 0) is 12.8 Å². The molecule has 5 unspecified atom stereocenters. The Balaban J connectivity index is 1.34. The maximum atomic E-state index is 5.41. The van der Waals surface area contributed by atoms with Crippen LogP contribution in [0, 0.1) is 29.6 Å². The van der Waals surface area contributed by atoms with Gasteiger partial charge in [-0.25, -0.2) is 0 Å². The van der Waals surface area contributed by atoms with Gasteiger partial charge in [0.1, 0.15) is 5.75 Å². The van der Waals surface area contributed by atoms with Gasteiger partial charge in [0.2, 0.25) is 0 Å². The Labute approximate surface area is 160 Å². The van der Waals surface area contributed by atoms with Crippen LogP contribution >= 0.6 is 0 Å². The number of ether oxygens (including phenoxy) is 1. The first kappa shape index (κ1) is 18.1. The average molecular weight is 353 g/mol. The highest BCUT2D eigenvalue weighted by Crippen LogP contribution is 2.49. The third-order valence-electron chi connectivity index (χ3n) is 7.89. The number of hydrogen-bond acceptors (Lipinski definition) is 1. The van der Waals surface area contributed by atoms with Gasteiger partial charge in [-0.3, -0.25) is 0 Å². The van der Waals surface area contributed by atoms with Crippen LogP contribution in [0.15, 0.2) is 30.9 Å². The Morgan fingerprint density at radius 3 is 2.54 bits per heavy atom. The van der Waals surface area contributed by atoms with Gasteiger partial charge >= 0.3 is 0 Å². The van der Waals surface area contributed by atoms with E-state index in [9.17, 15) is 0 Å². The molecule has 2 saturated carbocycles. The Morgan fingerprint density at radius 1 is 0.962 bits per heavy atom. The molecule has 0 N–H and O–H groups in total. The predicted molar refractivity (Wildman–Crippen MR) is 110 cm³/mol. The molecule has 1 heteroatoms. The van der Waals surface area contributed by atoms with E-state index in [-0.39, 0.29) is 0 Å². The minimum atomic E-state index is 0.926. The maximum absolute atomic E-state index is 5.41. The summed E-state index contributed by atoms with van der Waals surface area (Å²) in [7, 11) is 1.78. The van der Waals surface area contributed by atoms with E-state index < -0.39 is 0 Å². The van der Waals surface area contributed by atoms with E-state index in [0.717, 1.165) is 35.3 Å². The first-order chi connectivity index (χ1) is 12.8. The molecule has 0 saturated heterocycles. The highest BCUT2D eigenvalue weighted by molar-refractivity contribution is 5.37. The first-order valence-corrected chi connectivity index (χ1v) is 11.0. The highest BCUT2D eigenvalue weighted by Gasteiger charge is 2.38. The standard InChI is InChI=1S/C25H36O/c1-3-4-5-18-6-7-20-15-21(9-8-19(20)14-18)22-10-11-24-17-25(26-2)13-12-23(24)16-22/h3,12-13,17-22H,1,4-11,14-16H2,2H3. The summed E-state index contributed by atoms with van der Waals surface area (Å²) in [6.45, 7) is 3.91. The molecule has 142 valence electrons. The topological polar surface area (TPSA) is 9.23 Å². The van der Waals surface area contributed by atoms with Gasteiger partial charge in [-0.05, 0) is 117 Å². The summed E-state index contributed by atoms with van der Waals surface area (Å²) in [4.78, 5) is 0. The van der Waals surface area contributed by atoms with Crippen LogP contribution in [0.3, 0.4) is 0 Å². The lowest BCUT2D eigenvalue weighted by Gasteiger charge is -2.45. The van der Waals surface area contributed by atoms with Crippen LogP contribution < -0.4 is 4.74 Å². The molecule has 0 heterocycles. The monoisotopic (exact) mass is 352 g/mol. The molecule has 0 spiro atoms. The van der Waals surface area contributed by atoms with Gasteiger partial charge in [0.05, 0.1) is 7.11 Å². The Kier molecular flexibility index (Phi) is 5.72. The molecule has 4 rings (SSSR count). The zero-order valence-electron chi connectivity index (χ0n) is 16.6. The van der Waals surface area contributed by atoms with E-state index in [1.165, 1.54) is 76.2 Å². The van der Waals surface area contributed by atoms with Crippen LogP contribution in [0.1, 0.15) is 68.9 Å². The number of allylic oxidation sites excluding steroid dienone is 1. The van der Waals surface area contributed by atoms with Crippen molar-refractivity contribution in [3.8, 4) is 5.75 Å². The van der Waals surface area contributed by atoms with Crippen molar-refractivity contribution in [2.75, 3.05) is 7.11 Å². The maximum Gasteiger partial charge on any atom is 0.119 e. The van der Waals surface area contributed by atoms with E-state index in [1.807, 2.05) is 0 Å². The SMILES string of the molecule is C=CCCC1CCC2CC(C3CCc4cc(OC)ccc4C3)CCC2C1. The lowest BCUT2D eigenvalue weighted by atomic mass is 9.61. The van der Waals surface area contributed by atoms with Gasteiger partial charge in [-0.1, -0.05) is 18.6 Å². The van der Waals surface area contributed by atoms with Crippen LogP contribution in [0.4, 0.5) is 0 Å². The fourth-order valence-electron chi connectivity index (χ4n) is 6.36. The molecule has 5 atom stereocenters. The van der Waals surface area contributed by atoms with Crippen molar-refractivity contribution in [2.24, 2.45) is 29.6 Å². The molecule has 0 amide bonds. The largest absolute Gasteiger partial charge is 0.497 e. The summed E-state index contributed by atoms with van der Waals surface area (Å²) in [6.07, 6.45) is 17.7. The Hall–Kier alpha value is -1.24. The number of aryl methyl sites for hydroxylation is 1. The quantitative estimate of drug-likeness (QED) is 0.542. The summed E-state index contributed by atoms with van der Waals surface area (Å²) in [5.41, 5.74) is 3.13. The predicted octanol–water partition coefficient (Wildman–Crippen LogP) is 6.60. The normalized spacial score (nSPS) is 33.8. The summed E-state index contributed by atoms with van der Waals surface area (Å²) in [5.74, 6) is 5.99. The van der Waals surface area contributed by atoms with E-state index >= 15 is 0 Å². The summed E-state index contributed by atoms with van der Waals surface area (Å²) >= 11 is 0. The van der Waals surface area contributed by atoms with Crippen molar-refractivity contribution in [1.29, 1.82) is 0 Å². The molecule has 0 radical (unpaired) electrons. The fourth-order valence-corrected chi connectivity index (χ4v) is 6.36. The van der Waals surface area contributed by atoms with Crippen LogP contribution in [0.5, 0.6) is 5.75 Å². The molecule has 1 nitrogen and oxygen atoms in total. The van der Waals surface area contributed by atoms with Crippen LogP contribution in [-0.4, -0.2) is 7.11 Å². The molecule has 3 aliphatic rings. The molecule has 0 aromatic heterocycles. The van der Waals surface area contributed by atoms with Crippen LogP contribution in [0.25, 0.3) is 0 Å². The minimum Gasteiger partial charge on any atom is -0.497 e. The Bertz CT molecular complexity index is 619. The zero-order valence-corrected chi connectivity index (χ0v) is 16.6. The molecular formula is C25H36O. The molecule has 0 aliphatic heterocycles. The first-order valence-electron chi connectivity index (χ1n) is 11.0. The third-order valence-corrected chi connectivity index (χ3v) is 7.89. The van der Waals surface area contributed by atoms with Crippen molar-refractivity contribution in [2.45, 2.75) is 70.6 Å². The fraction of sp³-hybridized carbons (Fsp3) is 0.680. The lowest BCUT2D eigenvalue weighted by molar-refractivity contribution is 0.0699. The summed E-state index contributed by atoms with van der Waals surface area (Å²) < 4.78 is 5.41. The van der Waals surface area contributed by atoms with E-state index in [0.29, 0.717) is 0 Å². The number of methoxy groups -OCH3 is 1. The minimum absolute atomic E-state index is 0.926. The summed E-state index contributed by atoms with van der Waals surface area (Å²) in [5, 5.41) is 0. The van der Waals surface area contributed by atoms with E-state index in [4.69, 9.17) is 4.74 Å². The smallest absolute Gasteiger partial charge is 0.119 e. The van der Waals surface area contributed by atoms with Crippen molar-refractivity contribution in [3.05, 3.63) is 42.0 Å². The number of fused-ring (bicyclic) bond motifs is 2. The lowest BCUT2D eigenvalue weighted by Crippen LogP contribution is -2.35. The number of benzene rings is 1. The van der Waals surface area contributed by atoms with Gasteiger partial charge in [-0.15, -0.1) is 6.58 Å². The number of hydrogen-bond donors (Lipinski definition) is 0. The van der Waals surface area contributed by atoms with Gasteiger partial charge in [0.15, 0.2) is 0 Å². The van der Waals surface area contributed by atoms with Gasteiger partial charge in [0, 0.05) is 0 Å². The van der Waals surface area contributed by atoms with Crippen LogP contribution in [0.2, 0.25) is 0 Å². The van der Waals surface area contributed by atoms with Gasteiger partial charge < -0.3 is 4.74 Å². The van der Waals surface area contributed by atoms with E-state index in [2.05, 4.69) is 30.9 Å². The second-order valence-corrected chi connectivity index (χ2v) is 9.28. The third kappa shape index (κ3) is 3.87. The number of rotatable bonds is 5. The Morgan fingerprint density at radius 2 is 1.73 bits per heavy atom. The van der Waals surface area contributed by atoms with Crippen molar-refractivity contribution < 1.29 is 4.74 Å². The molecule has 3 aliphatic carbocycles. The average Bonchev–Trinajstić information content (AvgIpc) is 2.70. The molecule has 1 aromatic carbocycles. The molecule has 26 heavy (non-hydrogen) atoms. The highest BCUT2D eigenvalue weighted by atomic mass is 16.5. The van der Waals surface area contributed by atoms with Crippen molar-refractivity contribution in [1.82, 2.24) is 0 Å². The van der Waals surface area contributed by atoms with Gasteiger partial charge in [-0.2, -0.15) is 0 Å². The molecule has 1 aromatic rings. The van der Waals surface area contributed by atoms with Crippen molar-refractivity contribution >= 4 is 0 Å². The summed E-state index contributed by atoms with van der Waals surface area (Å²) in [6, 6.07) is 6.76. The van der Waals surface area contributed by atoms with Crippen molar-refractivity contribution in [3.63, 3.8) is 0 Å². The van der Waals surface area contributed by atoms with E-state index in [1.54, 1.807) is 12.7 Å². The zero-order chi connectivity index (χ0) is 17.9. The molecule has 2 fully saturated rings. The molecule has 0 bridgehead atoms.